The number of halogens is 2. The first-order chi connectivity index (χ1) is 4.30. The molecule has 1 aromatic heterocycles. The Kier molecular flexibility index (Phi) is 2.72. The van der Waals surface area contributed by atoms with Crippen molar-refractivity contribution in [2.24, 2.45) is 0 Å². The lowest BCUT2D eigenvalue weighted by Gasteiger charge is -1.92. The summed E-state index contributed by atoms with van der Waals surface area (Å²) in [5, 5.41) is 0. The highest BCUT2D eigenvalue weighted by Crippen LogP contribution is 2.10. The van der Waals surface area contributed by atoms with Crippen LogP contribution in [0.4, 0.5) is 0 Å². The molecule has 0 N–H and O–H groups in total. The van der Waals surface area contributed by atoms with E-state index in [4.69, 9.17) is 11.6 Å². The summed E-state index contributed by atoms with van der Waals surface area (Å²) in [6.45, 7) is 0. The lowest BCUT2D eigenvalue weighted by Crippen LogP contribution is -2.31. The topological polar surface area (TPSA) is 3.88 Å². The quantitative estimate of drug-likeness (QED) is 0.410. The minimum Gasteiger partial charge on any atom is -0.179 e. The van der Waals surface area contributed by atoms with Crippen molar-refractivity contribution in [2.45, 2.75) is 3.51 Å². The highest BCUT2D eigenvalue weighted by molar-refractivity contribution is 14.1. The first-order valence-electron chi connectivity index (χ1n) is 2.54. The second-order valence-corrected chi connectivity index (χ2v) is 3.93. The highest BCUT2D eigenvalue weighted by atomic mass is 127. The van der Waals surface area contributed by atoms with Gasteiger partial charge in [0.05, 0.1) is 0 Å². The number of aromatic nitrogens is 1. The molecule has 0 radical (unpaired) electrons. The largest absolute Gasteiger partial charge is 0.281 e. The maximum atomic E-state index is 5.75. The molecule has 1 heterocycles. The average Bonchev–Trinajstić information content (AvgIpc) is 1.90. The smallest absolute Gasteiger partial charge is 0.179 e. The number of alkyl halides is 2. The number of nitrogens with zero attached hydrogens (tertiary/aromatic N) is 1. The average molecular weight is 254 g/mol. The number of pyridine rings is 1. The van der Waals surface area contributed by atoms with E-state index in [1.807, 2.05) is 35.2 Å². The predicted octanol–water partition coefficient (Wildman–Crippen LogP) is 2.10. The van der Waals surface area contributed by atoms with Crippen LogP contribution in [-0.4, -0.2) is 0 Å². The molecule has 1 rings (SSSR count). The van der Waals surface area contributed by atoms with Gasteiger partial charge < -0.3 is 0 Å². The van der Waals surface area contributed by atoms with E-state index in [9.17, 15) is 0 Å². The molecular weight excluding hydrogens is 248 g/mol. The van der Waals surface area contributed by atoms with Crippen molar-refractivity contribution in [1.29, 1.82) is 0 Å². The normalized spacial score (nSPS) is 13.1. The van der Waals surface area contributed by atoms with Crippen LogP contribution in [0.25, 0.3) is 0 Å². The fourth-order valence-electron chi connectivity index (χ4n) is 0.542. The molecule has 0 aliphatic rings. The van der Waals surface area contributed by atoms with Crippen molar-refractivity contribution in [3.8, 4) is 0 Å². The molecule has 9 heavy (non-hydrogen) atoms. The molecule has 1 unspecified atom stereocenters. The van der Waals surface area contributed by atoms with Crippen LogP contribution in [0.3, 0.4) is 0 Å². The molecule has 1 nitrogen and oxygen atoms in total. The van der Waals surface area contributed by atoms with E-state index < -0.39 is 0 Å². The van der Waals surface area contributed by atoms with Crippen LogP contribution < -0.4 is 4.57 Å². The summed E-state index contributed by atoms with van der Waals surface area (Å²) in [7, 11) is 0. The molecule has 0 aromatic carbocycles. The van der Waals surface area contributed by atoms with E-state index in [0.717, 1.165) is 0 Å². The van der Waals surface area contributed by atoms with E-state index in [0.29, 0.717) is 0 Å². The van der Waals surface area contributed by atoms with E-state index >= 15 is 0 Å². The summed E-state index contributed by atoms with van der Waals surface area (Å²) in [5.74, 6) is 0. The maximum absolute atomic E-state index is 5.75. The van der Waals surface area contributed by atoms with Crippen molar-refractivity contribution in [2.75, 3.05) is 0 Å². The molecule has 0 amide bonds. The lowest BCUT2D eigenvalue weighted by molar-refractivity contribution is -0.676. The van der Waals surface area contributed by atoms with Gasteiger partial charge in [0, 0.05) is 34.7 Å². The van der Waals surface area contributed by atoms with Crippen molar-refractivity contribution in [1.82, 2.24) is 0 Å². The van der Waals surface area contributed by atoms with Gasteiger partial charge in [-0.1, -0.05) is 6.07 Å². The first kappa shape index (κ1) is 7.28. The van der Waals surface area contributed by atoms with Crippen molar-refractivity contribution < 1.29 is 4.57 Å². The minimum atomic E-state index is 0.0174. The van der Waals surface area contributed by atoms with Crippen molar-refractivity contribution in [3.63, 3.8) is 0 Å². The Morgan fingerprint density at radius 2 is 1.78 bits per heavy atom. The molecule has 0 spiro atoms. The standard InChI is InChI=1S/C6H6ClIN/c7-6(8)9-4-2-1-3-5-9/h1-6H/q+1. The fourth-order valence-corrected chi connectivity index (χ4v) is 1.04. The van der Waals surface area contributed by atoms with Crippen molar-refractivity contribution >= 4 is 34.2 Å². The Hall–Kier alpha value is 0.170. The third-order valence-corrected chi connectivity index (χ3v) is 1.83. The third kappa shape index (κ3) is 2.10. The monoisotopic (exact) mass is 254 g/mol. The Bertz CT molecular complexity index is 176. The van der Waals surface area contributed by atoms with Gasteiger partial charge in [0.25, 0.3) is 3.51 Å². The Morgan fingerprint density at radius 1 is 1.22 bits per heavy atom. The highest BCUT2D eigenvalue weighted by Gasteiger charge is 2.05. The summed E-state index contributed by atoms with van der Waals surface area (Å²) in [6.07, 6.45) is 3.87. The van der Waals surface area contributed by atoms with E-state index in [-0.39, 0.29) is 3.51 Å². The number of rotatable bonds is 1. The molecule has 0 aliphatic heterocycles. The van der Waals surface area contributed by atoms with Gasteiger partial charge in [-0.05, 0) is 11.6 Å². The SMILES string of the molecule is ClC(I)[n+]1ccccc1. The zero-order chi connectivity index (χ0) is 6.69. The Morgan fingerprint density at radius 3 is 2.11 bits per heavy atom. The van der Waals surface area contributed by atoms with Crippen LogP contribution in [0.5, 0.6) is 0 Å². The molecule has 0 bridgehead atoms. The van der Waals surface area contributed by atoms with Gasteiger partial charge in [0.1, 0.15) is 0 Å². The lowest BCUT2D eigenvalue weighted by atomic mass is 10.5. The second kappa shape index (κ2) is 3.37. The van der Waals surface area contributed by atoms with Crippen molar-refractivity contribution in [3.05, 3.63) is 30.6 Å². The van der Waals surface area contributed by atoms with Crippen LogP contribution in [0.2, 0.25) is 0 Å². The molecule has 0 saturated heterocycles. The van der Waals surface area contributed by atoms with E-state index in [1.54, 1.807) is 0 Å². The van der Waals surface area contributed by atoms with Crippen LogP contribution in [0.15, 0.2) is 30.6 Å². The van der Waals surface area contributed by atoms with Crippen LogP contribution in [0, 0.1) is 0 Å². The molecule has 1 atom stereocenters. The predicted molar refractivity (Wildman–Crippen MR) is 45.5 cm³/mol. The molecule has 0 aliphatic carbocycles. The second-order valence-electron chi connectivity index (χ2n) is 1.60. The van der Waals surface area contributed by atoms with E-state index in [2.05, 4.69) is 22.6 Å². The fraction of sp³-hybridized carbons (Fsp3) is 0.167. The number of hydrogen-bond acceptors (Lipinski definition) is 0. The van der Waals surface area contributed by atoms with Crippen LogP contribution >= 0.6 is 34.2 Å². The van der Waals surface area contributed by atoms with Crippen LogP contribution in [-0.2, 0) is 0 Å². The molecule has 0 saturated carbocycles. The Labute approximate surface area is 72.8 Å². The third-order valence-electron chi connectivity index (χ3n) is 0.964. The molecule has 0 fully saturated rings. The molecule has 48 valence electrons. The summed E-state index contributed by atoms with van der Waals surface area (Å²) in [5.41, 5.74) is 0. The summed E-state index contributed by atoms with van der Waals surface area (Å²) >= 11 is 7.89. The summed E-state index contributed by atoms with van der Waals surface area (Å²) in [6, 6.07) is 5.87. The van der Waals surface area contributed by atoms with Gasteiger partial charge in [-0.3, -0.25) is 0 Å². The zero-order valence-corrected chi connectivity index (χ0v) is 7.58. The van der Waals surface area contributed by atoms with Crippen LogP contribution in [0.1, 0.15) is 3.51 Å². The van der Waals surface area contributed by atoms with E-state index in [1.165, 1.54) is 0 Å². The first-order valence-corrected chi connectivity index (χ1v) is 4.23. The van der Waals surface area contributed by atoms with Gasteiger partial charge in [-0.15, -0.1) is 0 Å². The summed E-state index contributed by atoms with van der Waals surface area (Å²) in [4.78, 5) is 0. The van der Waals surface area contributed by atoms with Gasteiger partial charge in [-0.25, -0.2) is 0 Å². The molecule has 1 aromatic rings. The Balaban J connectivity index is 2.85. The van der Waals surface area contributed by atoms with Gasteiger partial charge in [-0.2, -0.15) is 4.57 Å². The summed E-state index contributed by atoms with van der Waals surface area (Å²) < 4.78 is 1.94. The minimum absolute atomic E-state index is 0.0174. The molecule has 3 heteroatoms. The maximum Gasteiger partial charge on any atom is 0.281 e. The van der Waals surface area contributed by atoms with Gasteiger partial charge >= 0.3 is 0 Å². The molecular formula is C6H6ClIN+. The zero-order valence-electron chi connectivity index (χ0n) is 4.67. The van der Waals surface area contributed by atoms with Gasteiger partial charge in [0.2, 0.25) is 0 Å². The van der Waals surface area contributed by atoms with Gasteiger partial charge in [0.15, 0.2) is 12.4 Å². The number of hydrogen-bond donors (Lipinski definition) is 0.